The molecule has 21 heavy (non-hydrogen) atoms. The van der Waals surface area contributed by atoms with E-state index in [1.165, 1.54) is 15.4 Å². The van der Waals surface area contributed by atoms with E-state index in [1.54, 1.807) is 0 Å². The summed E-state index contributed by atoms with van der Waals surface area (Å²) in [5.41, 5.74) is 1.26. The van der Waals surface area contributed by atoms with Crippen molar-refractivity contribution in [3.8, 4) is 10.4 Å². The minimum absolute atomic E-state index is 0. The molecule has 0 amide bonds. The first-order chi connectivity index (χ1) is 9.72. The van der Waals surface area contributed by atoms with Gasteiger partial charge >= 0.3 is 0 Å². The van der Waals surface area contributed by atoms with Crippen LogP contribution < -0.4 is 5.32 Å². The smallest absolute Gasteiger partial charge is 0.107 e. The maximum absolute atomic E-state index is 4.60. The van der Waals surface area contributed by atoms with Crippen molar-refractivity contribution in [1.82, 2.24) is 15.2 Å². The quantitative estimate of drug-likeness (QED) is 0.938. The van der Waals surface area contributed by atoms with Gasteiger partial charge in [-0.15, -0.1) is 23.7 Å². The summed E-state index contributed by atoms with van der Waals surface area (Å²) in [4.78, 5) is 8.39. The van der Waals surface area contributed by atoms with Gasteiger partial charge in [0.2, 0.25) is 0 Å². The molecule has 2 heterocycles. The Morgan fingerprint density at radius 1 is 1.29 bits per heavy atom. The Morgan fingerprint density at radius 2 is 2.05 bits per heavy atom. The largest absolute Gasteiger partial charge is 0.311 e. The minimum Gasteiger partial charge on any atom is -0.311 e. The summed E-state index contributed by atoms with van der Waals surface area (Å²) in [6, 6.07) is 11.6. The van der Waals surface area contributed by atoms with Crippen LogP contribution in [0.2, 0.25) is 0 Å². The molecule has 3 rings (SSSR count). The van der Waals surface area contributed by atoms with Crippen LogP contribution in [0.1, 0.15) is 18.9 Å². The molecule has 1 aromatic heterocycles. The molecule has 114 valence electrons. The van der Waals surface area contributed by atoms with E-state index in [4.69, 9.17) is 0 Å². The maximum atomic E-state index is 4.60. The molecule has 2 atom stereocenters. The number of nitrogens with zero attached hydrogens (tertiary/aromatic N) is 2. The van der Waals surface area contributed by atoms with E-state index in [0.717, 1.165) is 19.6 Å². The van der Waals surface area contributed by atoms with Gasteiger partial charge in [0.05, 0.1) is 11.4 Å². The normalized spacial score (nSPS) is 22.8. The van der Waals surface area contributed by atoms with Gasteiger partial charge in [-0.05, 0) is 19.4 Å². The Labute approximate surface area is 136 Å². The average molecular weight is 324 g/mol. The molecule has 2 aromatic rings. The van der Waals surface area contributed by atoms with Gasteiger partial charge in [0.25, 0.3) is 0 Å². The van der Waals surface area contributed by atoms with E-state index < -0.39 is 0 Å². The van der Waals surface area contributed by atoms with Crippen LogP contribution in [0.5, 0.6) is 0 Å². The molecule has 0 bridgehead atoms. The first-order valence-corrected chi connectivity index (χ1v) is 8.01. The van der Waals surface area contributed by atoms with E-state index in [9.17, 15) is 0 Å². The maximum Gasteiger partial charge on any atom is 0.107 e. The topological polar surface area (TPSA) is 28.2 Å². The van der Waals surface area contributed by atoms with E-state index in [0.29, 0.717) is 12.1 Å². The van der Waals surface area contributed by atoms with Gasteiger partial charge in [-0.2, -0.15) is 0 Å². The van der Waals surface area contributed by atoms with Gasteiger partial charge in [0.1, 0.15) is 5.01 Å². The number of aromatic nitrogens is 1. The van der Waals surface area contributed by atoms with Crippen molar-refractivity contribution in [2.45, 2.75) is 32.5 Å². The van der Waals surface area contributed by atoms with Crippen molar-refractivity contribution in [3.63, 3.8) is 0 Å². The molecule has 2 unspecified atom stereocenters. The lowest BCUT2D eigenvalue weighted by Crippen LogP contribution is -2.53. The second-order valence-corrected chi connectivity index (χ2v) is 6.69. The zero-order chi connectivity index (χ0) is 13.9. The highest BCUT2D eigenvalue weighted by atomic mass is 35.5. The van der Waals surface area contributed by atoms with Crippen LogP contribution in [0, 0.1) is 0 Å². The number of piperazine rings is 1. The first-order valence-electron chi connectivity index (χ1n) is 7.20. The lowest BCUT2D eigenvalue weighted by Gasteiger charge is -2.36. The van der Waals surface area contributed by atoms with Crippen molar-refractivity contribution in [3.05, 3.63) is 41.5 Å². The zero-order valence-electron chi connectivity index (χ0n) is 12.5. The van der Waals surface area contributed by atoms with E-state index >= 15 is 0 Å². The predicted octanol–water partition coefficient (Wildman–Crippen LogP) is 3.41. The minimum atomic E-state index is 0. The Hall–Kier alpha value is -0.940. The first kappa shape index (κ1) is 16.4. The van der Waals surface area contributed by atoms with Crippen LogP contribution in [-0.2, 0) is 6.54 Å². The second kappa shape index (κ2) is 7.36. The highest BCUT2D eigenvalue weighted by Crippen LogP contribution is 2.27. The van der Waals surface area contributed by atoms with Gasteiger partial charge in [-0.25, -0.2) is 4.98 Å². The van der Waals surface area contributed by atoms with Crippen LogP contribution in [0.3, 0.4) is 0 Å². The fourth-order valence-electron chi connectivity index (χ4n) is 2.61. The van der Waals surface area contributed by atoms with Gasteiger partial charge in [-0.1, -0.05) is 30.3 Å². The summed E-state index contributed by atoms with van der Waals surface area (Å²) in [6.45, 7) is 7.66. The number of rotatable bonds is 3. The number of nitrogens with one attached hydrogen (secondary N) is 1. The molecule has 3 nitrogen and oxygen atoms in total. The molecule has 0 saturated carbocycles. The molecule has 1 saturated heterocycles. The summed E-state index contributed by atoms with van der Waals surface area (Å²) in [5, 5.41) is 4.73. The number of benzene rings is 1. The third-order valence-electron chi connectivity index (χ3n) is 3.84. The van der Waals surface area contributed by atoms with Gasteiger partial charge < -0.3 is 5.32 Å². The average Bonchev–Trinajstić information content (AvgIpc) is 2.92. The number of hydrogen-bond acceptors (Lipinski definition) is 4. The molecule has 1 aliphatic rings. The van der Waals surface area contributed by atoms with Crippen molar-refractivity contribution in [2.24, 2.45) is 0 Å². The van der Waals surface area contributed by atoms with Crippen LogP contribution in [0.25, 0.3) is 10.4 Å². The summed E-state index contributed by atoms with van der Waals surface area (Å²) in [7, 11) is 0. The molecule has 1 fully saturated rings. The third kappa shape index (κ3) is 4.04. The third-order valence-corrected chi connectivity index (χ3v) is 4.87. The van der Waals surface area contributed by atoms with Crippen molar-refractivity contribution in [2.75, 3.05) is 13.1 Å². The highest BCUT2D eigenvalue weighted by Gasteiger charge is 2.23. The molecule has 5 heteroatoms. The Balaban J connectivity index is 0.00000161. The Bertz CT molecular complexity index is 558. The second-order valence-electron chi connectivity index (χ2n) is 5.57. The summed E-state index contributed by atoms with van der Waals surface area (Å²) >= 11 is 1.81. The van der Waals surface area contributed by atoms with Crippen molar-refractivity contribution < 1.29 is 0 Å². The summed E-state index contributed by atoms with van der Waals surface area (Å²) in [5.74, 6) is 0. The van der Waals surface area contributed by atoms with E-state index in [-0.39, 0.29) is 12.4 Å². The monoisotopic (exact) mass is 323 g/mol. The SMILES string of the molecule is CC1CN(Cc2ncc(-c3ccccc3)s2)C(C)CN1.Cl. The molecule has 0 spiro atoms. The molecular weight excluding hydrogens is 302 g/mol. The standard InChI is InChI=1S/C16H21N3S.ClH/c1-12-10-19(13(2)8-17-12)11-16-18-9-15(20-16)14-6-4-3-5-7-14;/h3-7,9,12-13,17H,8,10-11H2,1-2H3;1H. The summed E-state index contributed by atoms with van der Waals surface area (Å²) in [6.07, 6.45) is 2.01. The molecular formula is C16H22ClN3S. The molecule has 1 N–H and O–H groups in total. The number of hydrogen-bond donors (Lipinski definition) is 1. The fraction of sp³-hybridized carbons (Fsp3) is 0.438. The van der Waals surface area contributed by atoms with Crippen LogP contribution in [-0.4, -0.2) is 35.1 Å². The van der Waals surface area contributed by atoms with Gasteiger partial charge in [0, 0.05) is 31.4 Å². The summed E-state index contributed by atoms with van der Waals surface area (Å²) < 4.78 is 0. The fourth-order valence-corrected chi connectivity index (χ4v) is 3.56. The predicted molar refractivity (Wildman–Crippen MR) is 92.1 cm³/mol. The number of thiazole rings is 1. The lowest BCUT2D eigenvalue weighted by atomic mass is 10.1. The number of halogens is 1. The molecule has 1 aliphatic heterocycles. The highest BCUT2D eigenvalue weighted by molar-refractivity contribution is 7.15. The van der Waals surface area contributed by atoms with E-state index in [2.05, 4.69) is 59.4 Å². The van der Waals surface area contributed by atoms with Crippen LogP contribution in [0.4, 0.5) is 0 Å². The Morgan fingerprint density at radius 3 is 2.81 bits per heavy atom. The van der Waals surface area contributed by atoms with Crippen molar-refractivity contribution >= 4 is 23.7 Å². The van der Waals surface area contributed by atoms with E-state index in [1.807, 2.05) is 17.5 Å². The molecule has 1 aromatic carbocycles. The lowest BCUT2D eigenvalue weighted by molar-refractivity contribution is 0.138. The Kier molecular flexibility index (Phi) is 5.76. The zero-order valence-corrected chi connectivity index (χ0v) is 14.1. The van der Waals surface area contributed by atoms with Gasteiger partial charge in [0.15, 0.2) is 0 Å². The van der Waals surface area contributed by atoms with Gasteiger partial charge in [-0.3, -0.25) is 4.90 Å². The van der Waals surface area contributed by atoms with Crippen LogP contribution in [0.15, 0.2) is 36.5 Å². The molecule has 0 aliphatic carbocycles. The molecule has 0 radical (unpaired) electrons. The van der Waals surface area contributed by atoms with Crippen LogP contribution >= 0.6 is 23.7 Å². The van der Waals surface area contributed by atoms with Crippen molar-refractivity contribution in [1.29, 1.82) is 0 Å².